The minimum Gasteiger partial charge on any atom is -0.492 e. The van der Waals surface area contributed by atoms with E-state index in [2.05, 4.69) is 14.6 Å². The Hall–Kier alpha value is -3.66. The summed E-state index contributed by atoms with van der Waals surface area (Å²) in [5, 5.41) is 1.41. The van der Waals surface area contributed by atoms with Crippen LogP contribution in [0.4, 0.5) is 5.69 Å². The maximum atomic E-state index is 13.2. The van der Waals surface area contributed by atoms with Gasteiger partial charge in [0.25, 0.3) is 15.9 Å². The first-order valence-electron chi connectivity index (χ1n) is 14.3. The molecule has 1 amide bonds. The maximum Gasteiger partial charge on any atom is 0.264 e. The van der Waals surface area contributed by atoms with E-state index in [9.17, 15) is 13.2 Å². The van der Waals surface area contributed by atoms with Gasteiger partial charge in [0.15, 0.2) is 0 Å². The summed E-state index contributed by atoms with van der Waals surface area (Å²) in [6, 6.07) is 21.1. The first-order chi connectivity index (χ1) is 20.4. The van der Waals surface area contributed by atoms with E-state index >= 15 is 0 Å². The summed E-state index contributed by atoms with van der Waals surface area (Å²) >= 11 is 6.68. The molecule has 8 nitrogen and oxygen atoms in total. The molecule has 6 rings (SSSR count). The summed E-state index contributed by atoms with van der Waals surface area (Å²) in [7, 11) is -3.87. The molecule has 4 aromatic rings. The Kier molecular flexibility index (Phi) is 8.33. The van der Waals surface area contributed by atoms with E-state index in [0.717, 1.165) is 36.4 Å². The number of anilines is 1. The highest BCUT2D eigenvalue weighted by Gasteiger charge is 2.24. The van der Waals surface area contributed by atoms with Crippen LogP contribution in [-0.2, 0) is 16.6 Å². The van der Waals surface area contributed by atoms with Crippen molar-refractivity contribution in [3.05, 3.63) is 95.1 Å². The predicted octanol–water partition coefficient (Wildman–Crippen LogP) is 5.83. The number of sulfonamides is 1. The quantitative estimate of drug-likeness (QED) is 0.259. The van der Waals surface area contributed by atoms with Gasteiger partial charge in [-0.15, -0.1) is 0 Å². The second-order valence-corrected chi connectivity index (χ2v) is 12.9. The molecular weight excluding hydrogens is 572 g/mol. The Labute approximate surface area is 251 Å². The highest BCUT2D eigenvalue weighted by molar-refractivity contribution is 7.93. The van der Waals surface area contributed by atoms with Crippen molar-refractivity contribution in [3.8, 4) is 5.75 Å². The summed E-state index contributed by atoms with van der Waals surface area (Å²) in [6.07, 6.45) is 5.31. The van der Waals surface area contributed by atoms with Gasteiger partial charge in [-0.05, 0) is 66.8 Å². The largest absolute Gasteiger partial charge is 0.492 e. The van der Waals surface area contributed by atoms with E-state index in [1.165, 1.54) is 25.3 Å². The van der Waals surface area contributed by atoms with Gasteiger partial charge in [-0.25, -0.2) is 8.42 Å². The smallest absolute Gasteiger partial charge is 0.264 e. The van der Waals surface area contributed by atoms with E-state index in [0.29, 0.717) is 47.3 Å². The number of amides is 1. The van der Waals surface area contributed by atoms with E-state index in [4.69, 9.17) is 16.3 Å². The van der Waals surface area contributed by atoms with Crippen molar-refractivity contribution in [2.75, 3.05) is 37.5 Å². The Morgan fingerprint density at radius 2 is 1.69 bits per heavy atom. The lowest BCUT2D eigenvalue weighted by Crippen LogP contribution is -2.48. The molecule has 10 heteroatoms. The van der Waals surface area contributed by atoms with Crippen molar-refractivity contribution in [2.24, 2.45) is 5.92 Å². The number of carbonyl (C=O) groups excluding carboxylic acids is 1. The fourth-order valence-corrected chi connectivity index (χ4v) is 6.85. The van der Waals surface area contributed by atoms with Gasteiger partial charge in [-0.3, -0.25) is 19.4 Å². The zero-order chi connectivity index (χ0) is 29.1. The van der Waals surface area contributed by atoms with Gasteiger partial charge in [0.1, 0.15) is 10.6 Å². The van der Waals surface area contributed by atoms with Crippen LogP contribution in [0.2, 0.25) is 5.02 Å². The van der Waals surface area contributed by atoms with Gasteiger partial charge >= 0.3 is 0 Å². The first-order valence-corrected chi connectivity index (χ1v) is 16.1. The number of para-hydroxylation sites is 1. The Bertz CT molecular complexity index is 1680. The Morgan fingerprint density at radius 1 is 0.952 bits per heavy atom. The van der Waals surface area contributed by atoms with Crippen molar-refractivity contribution in [1.82, 2.24) is 14.8 Å². The molecule has 1 N–H and O–H groups in total. The lowest BCUT2D eigenvalue weighted by Gasteiger charge is -2.35. The second-order valence-electron chi connectivity index (χ2n) is 10.9. The van der Waals surface area contributed by atoms with Crippen molar-refractivity contribution in [2.45, 2.75) is 30.7 Å². The second kappa shape index (κ2) is 12.3. The molecule has 2 fully saturated rings. The minimum absolute atomic E-state index is 0.0771. The number of fused-ring (bicyclic) bond motifs is 1. The molecule has 1 saturated heterocycles. The molecule has 218 valence electrons. The first kappa shape index (κ1) is 28.5. The van der Waals surface area contributed by atoms with Gasteiger partial charge in [0.2, 0.25) is 0 Å². The number of aromatic nitrogens is 1. The summed E-state index contributed by atoms with van der Waals surface area (Å²) in [4.78, 5) is 21.7. The van der Waals surface area contributed by atoms with E-state index in [-0.39, 0.29) is 10.8 Å². The number of nitrogens with one attached hydrogen (secondary N) is 1. The molecule has 3 aromatic carbocycles. The number of nitrogens with zero attached hydrogens (tertiary/aromatic N) is 3. The average Bonchev–Trinajstić information content (AvgIpc) is 2.98. The van der Waals surface area contributed by atoms with Gasteiger partial charge in [-0.1, -0.05) is 48.4 Å². The van der Waals surface area contributed by atoms with E-state index in [1.54, 1.807) is 42.6 Å². The normalized spacial score (nSPS) is 16.3. The number of rotatable bonds is 9. The zero-order valence-electron chi connectivity index (χ0n) is 23.2. The number of hydrogen-bond donors (Lipinski definition) is 1. The highest BCUT2D eigenvalue weighted by Crippen LogP contribution is 2.32. The van der Waals surface area contributed by atoms with Crippen LogP contribution in [0.15, 0.2) is 83.9 Å². The fraction of sp³-hybridized carbons (Fsp3) is 0.312. The van der Waals surface area contributed by atoms with Gasteiger partial charge < -0.3 is 9.64 Å². The summed E-state index contributed by atoms with van der Waals surface area (Å²) in [5.41, 5.74) is 2.32. The molecular formula is C32H33ClN4O4S. The third kappa shape index (κ3) is 6.23. The SMILES string of the molecule is O=C(c1ccc(NS(=O)(=O)c2cccc3cccnc23)cc1)N1CCN(Cc2cccc(OCC3CCC3)c2Cl)CC1. The Morgan fingerprint density at radius 3 is 2.43 bits per heavy atom. The number of carbonyl (C=O) groups is 1. The highest BCUT2D eigenvalue weighted by atomic mass is 35.5. The Balaban J connectivity index is 1.04. The fourth-order valence-electron chi connectivity index (χ4n) is 5.37. The molecule has 1 saturated carbocycles. The van der Waals surface area contributed by atoms with Crippen LogP contribution in [-0.4, -0.2) is 61.9 Å². The summed E-state index contributed by atoms with van der Waals surface area (Å²) in [5.74, 6) is 1.31. The van der Waals surface area contributed by atoms with Gasteiger partial charge in [0, 0.05) is 55.6 Å². The summed E-state index contributed by atoms with van der Waals surface area (Å²) < 4.78 is 34.8. The number of pyridine rings is 1. The molecule has 0 spiro atoms. The molecule has 0 atom stereocenters. The molecule has 0 unspecified atom stereocenters. The third-order valence-corrected chi connectivity index (χ3v) is 9.91. The molecule has 0 radical (unpaired) electrons. The molecule has 2 aliphatic rings. The lowest BCUT2D eigenvalue weighted by atomic mass is 9.86. The van der Waals surface area contributed by atoms with Gasteiger partial charge in [0.05, 0.1) is 17.1 Å². The molecule has 1 aromatic heterocycles. The number of hydrogen-bond acceptors (Lipinski definition) is 6. The number of benzene rings is 3. The molecule has 1 aliphatic heterocycles. The minimum atomic E-state index is -3.87. The molecule has 1 aliphatic carbocycles. The van der Waals surface area contributed by atoms with Crippen molar-refractivity contribution < 1.29 is 17.9 Å². The van der Waals surface area contributed by atoms with Crippen LogP contribution >= 0.6 is 11.6 Å². The van der Waals surface area contributed by atoms with Crippen molar-refractivity contribution in [1.29, 1.82) is 0 Å². The molecule has 0 bridgehead atoms. The van der Waals surface area contributed by atoms with Crippen LogP contribution in [0, 0.1) is 5.92 Å². The van der Waals surface area contributed by atoms with Crippen molar-refractivity contribution >= 4 is 44.1 Å². The van der Waals surface area contributed by atoms with Crippen LogP contribution in [0.3, 0.4) is 0 Å². The molecule has 2 heterocycles. The van der Waals surface area contributed by atoms with E-state index < -0.39 is 10.0 Å². The van der Waals surface area contributed by atoms with Crippen LogP contribution in [0.1, 0.15) is 35.2 Å². The summed E-state index contributed by atoms with van der Waals surface area (Å²) in [6.45, 7) is 4.06. The monoisotopic (exact) mass is 604 g/mol. The number of halogens is 1. The van der Waals surface area contributed by atoms with Crippen LogP contribution < -0.4 is 9.46 Å². The van der Waals surface area contributed by atoms with Gasteiger partial charge in [-0.2, -0.15) is 0 Å². The zero-order valence-corrected chi connectivity index (χ0v) is 24.8. The predicted molar refractivity (Wildman–Crippen MR) is 164 cm³/mol. The van der Waals surface area contributed by atoms with E-state index in [1.807, 2.05) is 35.2 Å². The third-order valence-electron chi connectivity index (χ3n) is 8.07. The maximum absolute atomic E-state index is 13.2. The number of ether oxygens (including phenoxy) is 1. The average molecular weight is 605 g/mol. The molecule has 42 heavy (non-hydrogen) atoms. The van der Waals surface area contributed by atoms with Crippen molar-refractivity contribution in [3.63, 3.8) is 0 Å². The topological polar surface area (TPSA) is 91.8 Å². The standard InChI is InChI=1S/C32H33ClN4O4S/c33-30-26(8-2-10-28(30)41-22-23-5-1-6-23)21-36-17-19-37(20-18-36)32(38)25-12-14-27(15-13-25)35-42(39,40)29-11-3-7-24-9-4-16-34-31(24)29/h2-4,7-16,23,35H,1,5-6,17-22H2. The lowest BCUT2D eigenvalue weighted by molar-refractivity contribution is 0.0628. The number of piperazine rings is 1. The van der Waals surface area contributed by atoms with Crippen LogP contribution in [0.25, 0.3) is 10.9 Å². The van der Waals surface area contributed by atoms with Crippen LogP contribution in [0.5, 0.6) is 5.75 Å².